The van der Waals surface area contributed by atoms with E-state index >= 15 is 0 Å². The molecular formula is C24H32F5N3O2. The second-order valence-corrected chi connectivity index (χ2v) is 9.43. The van der Waals surface area contributed by atoms with E-state index in [0.29, 0.717) is 56.6 Å². The molecule has 1 aliphatic carbocycles. The zero-order chi connectivity index (χ0) is 24.9. The summed E-state index contributed by atoms with van der Waals surface area (Å²) in [6.45, 7) is 3.80. The van der Waals surface area contributed by atoms with E-state index in [1.54, 1.807) is 4.90 Å². The Morgan fingerprint density at radius 2 is 1.74 bits per heavy atom. The lowest BCUT2D eigenvalue weighted by Gasteiger charge is -2.34. The molecule has 0 radical (unpaired) electrons. The molecule has 0 aromatic heterocycles. The SMILES string of the molecule is CC1CCCCC1NCC(=O)N1CCC(CNC(=O)c2cc(C(F)F)cc(C(F)(F)F)c2)CC1. The molecule has 10 heteroatoms. The summed E-state index contributed by atoms with van der Waals surface area (Å²) in [4.78, 5) is 26.7. The van der Waals surface area contributed by atoms with Gasteiger partial charge in [0.05, 0.1) is 12.1 Å². The average Bonchev–Trinajstić information content (AvgIpc) is 2.81. The van der Waals surface area contributed by atoms with E-state index in [2.05, 4.69) is 17.6 Å². The number of halogens is 5. The van der Waals surface area contributed by atoms with Gasteiger partial charge in [0, 0.05) is 36.8 Å². The molecular weight excluding hydrogens is 457 g/mol. The number of carbonyl (C=O) groups excluding carboxylic acids is 2. The van der Waals surface area contributed by atoms with E-state index in [1.807, 2.05) is 0 Å². The van der Waals surface area contributed by atoms with Crippen molar-refractivity contribution in [1.82, 2.24) is 15.5 Å². The maximum Gasteiger partial charge on any atom is 0.416 e. The molecule has 1 saturated carbocycles. The fourth-order valence-electron chi connectivity index (χ4n) is 4.75. The molecule has 2 aliphatic rings. The van der Waals surface area contributed by atoms with Crippen molar-refractivity contribution in [1.29, 1.82) is 0 Å². The number of piperidine rings is 1. The molecule has 1 aromatic carbocycles. The fraction of sp³-hybridized carbons (Fsp3) is 0.667. The predicted molar refractivity (Wildman–Crippen MR) is 117 cm³/mol. The van der Waals surface area contributed by atoms with Gasteiger partial charge in [0.15, 0.2) is 0 Å². The van der Waals surface area contributed by atoms with Crippen LogP contribution in [0.4, 0.5) is 22.0 Å². The monoisotopic (exact) mass is 489 g/mol. The Balaban J connectivity index is 1.46. The van der Waals surface area contributed by atoms with Crippen LogP contribution >= 0.6 is 0 Å². The number of hydrogen-bond donors (Lipinski definition) is 2. The average molecular weight is 490 g/mol. The summed E-state index contributed by atoms with van der Waals surface area (Å²) in [5.74, 6) is -0.162. The molecule has 1 aromatic rings. The minimum atomic E-state index is -4.83. The van der Waals surface area contributed by atoms with Crippen molar-refractivity contribution in [2.45, 2.75) is 64.1 Å². The summed E-state index contributed by atoms with van der Waals surface area (Å²) < 4.78 is 65.1. The van der Waals surface area contributed by atoms with Crippen LogP contribution in [0.5, 0.6) is 0 Å². The van der Waals surface area contributed by atoms with Crippen LogP contribution in [0.25, 0.3) is 0 Å². The third-order valence-electron chi connectivity index (χ3n) is 6.94. The Morgan fingerprint density at radius 3 is 2.35 bits per heavy atom. The third kappa shape index (κ3) is 7.13. The molecule has 0 bridgehead atoms. The standard InChI is InChI=1S/C24H32F5N3O2/c1-15-4-2-3-5-20(15)30-14-21(33)32-8-6-16(7-9-32)13-31-23(34)18-10-17(22(25)26)11-19(12-18)24(27,28)29/h10-12,15-16,20,22,30H,2-9,13-14H2,1H3,(H,31,34). The predicted octanol–water partition coefficient (Wildman–Crippen LogP) is 4.78. The van der Waals surface area contributed by atoms with Crippen molar-refractivity contribution in [2.24, 2.45) is 11.8 Å². The number of amides is 2. The summed E-state index contributed by atoms with van der Waals surface area (Å²) in [6.07, 6.45) is -1.98. The van der Waals surface area contributed by atoms with E-state index in [0.717, 1.165) is 12.5 Å². The van der Waals surface area contributed by atoms with Gasteiger partial charge in [-0.3, -0.25) is 9.59 Å². The van der Waals surface area contributed by atoms with Crippen LogP contribution in [0.2, 0.25) is 0 Å². The van der Waals surface area contributed by atoms with Crippen LogP contribution in [0.15, 0.2) is 18.2 Å². The van der Waals surface area contributed by atoms with E-state index in [-0.39, 0.29) is 18.4 Å². The maximum absolute atomic E-state index is 13.0. The topological polar surface area (TPSA) is 61.4 Å². The van der Waals surface area contributed by atoms with Gasteiger partial charge in [-0.2, -0.15) is 13.2 Å². The lowest BCUT2D eigenvalue weighted by molar-refractivity contribution is -0.137. The fourth-order valence-corrected chi connectivity index (χ4v) is 4.75. The minimum absolute atomic E-state index is 0.0451. The molecule has 190 valence electrons. The highest BCUT2D eigenvalue weighted by atomic mass is 19.4. The number of alkyl halides is 5. The zero-order valence-corrected chi connectivity index (χ0v) is 19.3. The third-order valence-corrected chi connectivity index (χ3v) is 6.94. The molecule has 2 N–H and O–H groups in total. The summed E-state index contributed by atoms with van der Waals surface area (Å²) in [5.41, 5.74) is -2.57. The Morgan fingerprint density at radius 1 is 1.06 bits per heavy atom. The van der Waals surface area contributed by atoms with Gasteiger partial charge in [0.1, 0.15) is 0 Å². The van der Waals surface area contributed by atoms with Gasteiger partial charge < -0.3 is 15.5 Å². The smallest absolute Gasteiger partial charge is 0.352 e. The van der Waals surface area contributed by atoms with E-state index < -0.39 is 35.2 Å². The number of likely N-dealkylation sites (tertiary alicyclic amines) is 1. The molecule has 5 nitrogen and oxygen atoms in total. The van der Waals surface area contributed by atoms with Crippen LogP contribution in [0.1, 0.15) is 73.4 Å². The normalized spacial score (nSPS) is 22.1. The van der Waals surface area contributed by atoms with Gasteiger partial charge in [0.2, 0.25) is 5.91 Å². The van der Waals surface area contributed by atoms with E-state index in [9.17, 15) is 31.5 Å². The summed E-state index contributed by atoms with van der Waals surface area (Å²) in [6, 6.07) is 2.10. The van der Waals surface area contributed by atoms with Gasteiger partial charge in [-0.05, 0) is 55.7 Å². The molecule has 2 fully saturated rings. The molecule has 1 saturated heterocycles. The van der Waals surface area contributed by atoms with Gasteiger partial charge in [-0.25, -0.2) is 8.78 Å². The van der Waals surface area contributed by atoms with E-state index in [1.165, 1.54) is 19.3 Å². The van der Waals surface area contributed by atoms with Crippen molar-refractivity contribution in [3.63, 3.8) is 0 Å². The highest BCUT2D eigenvalue weighted by Gasteiger charge is 2.33. The second kappa shape index (κ2) is 11.5. The van der Waals surface area contributed by atoms with Crippen molar-refractivity contribution < 1.29 is 31.5 Å². The molecule has 3 rings (SSSR count). The Hall–Kier alpha value is -2.23. The quantitative estimate of drug-likeness (QED) is 0.542. The molecule has 2 amide bonds. The first-order chi connectivity index (χ1) is 16.0. The first-order valence-electron chi connectivity index (χ1n) is 11.8. The van der Waals surface area contributed by atoms with Gasteiger partial charge in [-0.1, -0.05) is 19.8 Å². The Kier molecular flexibility index (Phi) is 8.89. The first kappa shape index (κ1) is 26.4. The van der Waals surface area contributed by atoms with Crippen molar-refractivity contribution in [2.75, 3.05) is 26.2 Å². The van der Waals surface area contributed by atoms with Crippen molar-refractivity contribution in [3.05, 3.63) is 34.9 Å². The zero-order valence-electron chi connectivity index (χ0n) is 19.3. The minimum Gasteiger partial charge on any atom is -0.352 e. The number of rotatable bonds is 7. The lowest BCUT2D eigenvalue weighted by Crippen LogP contribution is -2.47. The van der Waals surface area contributed by atoms with Crippen LogP contribution in [-0.4, -0.2) is 48.9 Å². The second-order valence-electron chi connectivity index (χ2n) is 9.43. The highest BCUT2D eigenvalue weighted by molar-refractivity contribution is 5.94. The number of nitrogens with zero attached hydrogens (tertiary/aromatic N) is 1. The van der Waals surface area contributed by atoms with Gasteiger partial charge in [-0.15, -0.1) is 0 Å². The molecule has 2 atom stereocenters. The van der Waals surface area contributed by atoms with Gasteiger partial charge in [0.25, 0.3) is 12.3 Å². The van der Waals surface area contributed by atoms with Crippen LogP contribution < -0.4 is 10.6 Å². The molecule has 2 unspecified atom stereocenters. The summed E-state index contributed by atoms with van der Waals surface area (Å²) in [7, 11) is 0. The number of benzene rings is 1. The maximum atomic E-state index is 13.0. The van der Waals surface area contributed by atoms with Crippen LogP contribution in [-0.2, 0) is 11.0 Å². The first-order valence-corrected chi connectivity index (χ1v) is 11.8. The number of carbonyl (C=O) groups is 2. The summed E-state index contributed by atoms with van der Waals surface area (Å²) >= 11 is 0. The van der Waals surface area contributed by atoms with Crippen molar-refractivity contribution >= 4 is 11.8 Å². The molecule has 34 heavy (non-hydrogen) atoms. The number of nitrogens with one attached hydrogen (secondary N) is 2. The van der Waals surface area contributed by atoms with Crippen LogP contribution in [0, 0.1) is 11.8 Å². The summed E-state index contributed by atoms with van der Waals surface area (Å²) in [5, 5.41) is 5.95. The lowest BCUT2D eigenvalue weighted by atomic mass is 9.86. The van der Waals surface area contributed by atoms with Gasteiger partial charge >= 0.3 is 6.18 Å². The number of hydrogen-bond acceptors (Lipinski definition) is 3. The molecule has 1 heterocycles. The van der Waals surface area contributed by atoms with Crippen LogP contribution in [0.3, 0.4) is 0 Å². The molecule has 1 aliphatic heterocycles. The largest absolute Gasteiger partial charge is 0.416 e. The molecule has 0 spiro atoms. The highest BCUT2D eigenvalue weighted by Crippen LogP contribution is 2.33. The Labute approximate surface area is 196 Å². The van der Waals surface area contributed by atoms with Crippen molar-refractivity contribution in [3.8, 4) is 0 Å². The Bertz CT molecular complexity index is 854. The van der Waals surface area contributed by atoms with E-state index in [4.69, 9.17) is 0 Å².